The van der Waals surface area contributed by atoms with E-state index in [9.17, 15) is 18.0 Å². The Morgan fingerprint density at radius 2 is 1.58 bits per heavy atom. The molecule has 0 bridgehead atoms. The van der Waals surface area contributed by atoms with Crippen LogP contribution in [0.2, 0.25) is 5.02 Å². The van der Waals surface area contributed by atoms with Crippen LogP contribution >= 0.6 is 11.6 Å². The van der Waals surface area contributed by atoms with Gasteiger partial charge < -0.3 is 19.7 Å². The van der Waals surface area contributed by atoms with E-state index in [1.807, 2.05) is 30.3 Å². The molecule has 202 valence electrons. The van der Waals surface area contributed by atoms with Crippen LogP contribution in [0.15, 0.2) is 77.7 Å². The fourth-order valence-corrected chi connectivity index (χ4v) is 5.37. The Bertz CT molecular complexity index is 1370. The average Bonchev–Trinajstić information content (AvgIpc) is 2.94. The summed E-state index contributed by atoms with van der Waals surface area (Å²) < 4.78 is 39.3. The summed E-state index contributed by atoms with van der Waals surface area (Å²) in [7, 11) is 0.0501. The van der Waals surface area contributed by atoms with Crippen LogP contribution in [0.1, 0.15) is 12.5 Å². The number of hydrogen-bond acceptors (Lipinski definition) is 6. The highest BCUT2D eigenvalue weighted by Gasteiger charge is 2.32. The molecule has 1 N–H and O–H groups in total. The van der Waals surface area contributed by atoms with Crippen molar-refractivity contribution in [1.29, 1.82) is 0 Å². The lowest BCUT2D eigenvalue weighted by molar-refractivity contribution is -0.139. The minimum absolute atomic E-state index is 0.105. The van der Waals surface area contributed by atoms with Crippen LogP contribution < -0.4 is 19.1 Å². The SMILES string of the molecule is CNC(=O)[C@@H](C)N(Cc1ccccc1)C(=O)CN(c1ccc(Cl)cc1)S(=O)(=O)c1ccc(OC)c(OC)c1. The first-order chi connectivity index (χ1) is 18.1. The largest absolute Gasteiger partial charge is 0.493 e. The Kier molecular flexibility index (Phi) is 9.60. The minimum Gasteiger partial charge on any atom is -0.493 e. The molecule has 0 fully saturated rings. The molecule has 1 atom stereocenters. The Hall–Kier alpha value is -3.76. The average molecular weight is 560 g/mol. The standard InChI is InChI=1S/C27H30ClN3O6S/c1-19(27(33)29-2)30(17-20-8-6-5-7-9-20)26(32)18-31(22-12-10-21(28)11-13-22)38(34,35)23-14-15-24(36-3)25(16-23)37-4/h5-16,19H,17-18H2,1-4H3,(H,29,33)/t19-/m1/s1. The number of ether oxygens (including phenoxy) is 2. The van der Waals surface area contributed by atoms with Crippen LogP contribution in [0.25, 0.3) is 0 Å². The molecule has 2 amide bonds. The van der Waals surface area contributed by atoms with E-state index in [0.717, 1.165) is 9.87 Å². The van der Waals surface area contributed by atoms with Crippen molar-refractivity contribution < 1.29 is 27.5 Å². The van der Waals surface area contributed by atoms with Crippen molar-refractivity contribution in [3.05, 3.63) is 83.4 Å². The van der Waals surface area contributed by atoms with E-state index < -0.39 is 28.5 Å². The van der Waals surface area contributed by atoms with E-state index in [-0.39, 0.29) is 28.8 Å². The van der Waals surface area contributed by atoms with E-state index in [0.29, 0.717) is 10.8 Å². The van der Waals surface area contributed by atoms with Crippen LogP contribution in [0, 0.1) is 0 Å². The lowest BCUT2D eigenvalue weighted by Crippen LogP contribution is -2.50. The zero-order valence-corrected chi connectivity index (χ0v) is 23.1. The molecule has 38 heavy (non-hydrogen) atoms. The molecule has 0 radical (unpaired) electrons. The summed E-state index contributed by atoms with van der Waals surface area (Å²) in [6.45, 7) is 1.14. The highest BCUT2D eigenvalue weighted by Crippen LogP contribution is 2.32. The van der Waals surface area contributed by atoms with Crippen molar-refractivity contribution in [3.8, 4) is 11.5 Å². The molecular weight excluding hydrogens is 530 g/mol. The van der Waals surface area contributed by atoms with Crippen molar-refractivity contribution >= 4 is 39.1 Å². The van der Waals surface area contributed by atoms with Gasteiger partial charge in [0, 0.05) is 24.7 Å². The van der Waals surface area contributed by atoms with Gasteiger partial charge in [-0.1, -0.05) is 41.9 Å². The van der Waals surface area contributed by atoms with Crippen LogP contribution in [0.5, 0.6) is 11.5 Å². The quantitative estimate of drug-likeness (QED) is 0.384. The third-order valence-corrected chi connectivity index (χ3v) is 7.97. The number of methoxy groups -OCH3 is 2. The highest BCUT2D eigenvalue weighted by atomic mass is 35.5. The van der Waals surface area contributed by atoms with Gasteiger partial charge in [-0.25, -0.2) is 8.42 Å². The van der Waals surface area contributed by atoms with Crippen molar-refractivity contribution in [2.24, 2.45) is 0 Å². The van der Waals surface area contributed by atoms with Crippen LogP contribution in [0.3, 0.4) is 0 Å². The predicted octanol–water partition coefficient (Wildman–Crippen LogP) is 3.72. The van der Waals surface area contributed by atoms with E-state index >= 15 is 0 Å². The van der Waals surface area contributed by atoms with Crippen molar-refractivity contribution in [2.75, 3.05) is 32.1 Å². The molecule has 0 aliphatic heterocycles. The second-order valence-corrected chi connectivity index (χ2v) is 10.6. The van der Waals surface area contributed by atoms with Gasteiger partial charge in [0.1, 0.15) is 12.6 Å². The maximum absolute atomic E-state index is 13.9. The number of carbonyl (C=O) groups is 2. The third kappa shape index (κ3) is 6.56. The molecule has 0 aliphatic rings. The molecule has 0 saturated heterocycles. The van der Waals surface area contributed by atoms with E-state index in [2.05, 4.69) is 5.32 Å². The summed E-state index contributed by atoms with van der Waals surface area (Å²) >= 11 is 6.04. The van der Waals surface area contributed by atoms with Crippen LogP contribution in [-0.2, 0) is 26.2 Å². The number of likely N-dealkylation sites (N-methyl/N-ethyl adjacent to an activating group) is 1. The number of amides is 2. The summed E-state index contributed by atoms with van der Waals surface area (Å²) in [4.78, 5) is 27.5. The molecule has 0 spiro atoms. The second-order valence-electron chi connectivity index (χ2n) is 8.30. The Morgan fingerprint density at radius 1 is 0.947 bits per heavy atom. The molecule has 3 aromatic carbocycles. The highest BCUT2D eigenvalue weighted by molar-refractivity contribution is 7.92. The van der Waals surface area contributed by atoms with Crippen molar-refractivity contribution in [2.45, 2.75) is 24.4 Å². The first-order valence-electron chi connectivity index (χ1n) is 11.7. The normalized spacial score (nSPS) is 11.8. The second kappa shape index (κ2) is 12.7. The topological polar surface area (TPSA) is 105 Å². The predicted molar refractivity (Wildman–Crippen MR) is 146 cm³/mol. The third-order valence-electron chi connectivity index (χ3n) is 5.95. The maximum atomic E-state index is 13.9. The zero-order chi connectivity index (χ0) is 27.9. The number of anilines is 1. The van der Waals surface area contributed by atoms with E-state index in [1.165, 1.54) is 68.6 Å². The first kappa shape index (κ1) is 28.8. The smallest absolute Gasteiger partial charge is 0.264 e. The molecule has 0 aliphatic carbocycles. The number of sulfonamides is 1. The summed E-state index contributed by atoms with van der Waals surface area (Å²) in [6.07, 6.45) is 0. The van der Waals surface area contributed by atoms with E-state index in [1.54, 1.807) is 6.92 Å². The molecule has 11 heteroatoms. The lowest BCUT2D eigenvalue weighted by atomic mass is 10.1. The summed E-state index contributed by atoms with van der Waals surface area (Å²) in [5.74, 6) is -0.372. The Balaban J connectivity index is 2.06. The zero-order valence-electron chi connectivity index (χ0n) is 21.5. The Labute approximate surface area is 228 Å². The number of nitrogens with zero attached hydrogens (tertiary/aromatic N) is 2. The summed E-state index contributed by atoms with van der Waals surface area (Å²) in [5, 5.41) is 2.96. The summed E-state index contributed by atoms with van der Waals surface area (Å²) in [6, 6.07) is 18.6. The van der Waals surface area contributed by atoms with Gasteiger partial charge in [-0.05, 0) is 48.9 Å². The van der Waals surface area contributed by atoms with Gasteiger partial charge >= 0.3 is 0 Å². The molecule has 0 unspecified atom stereocenters. The number of hydrogen-bond donors (Lipinski definition) is 1. The van der Waals surface area contributed by atoms with Gasteiger partial charge in [0.05, 0.1) is 24.8 Å². The molecule has 0 aromatic heterocycles. The number of carbonyl (C=O) groups excluding carboxylic acids is 2. The number of benzene rings is 3. The van der Waals surface area contributed by atoms with Crippen LogP contribution in [0.4, 0.5) is 5.69 Å². The lowest BCUT2D eigenvalue weighted by Gasteiger charge is -2.31. The molecule has 3 aromatic rings. The minimum atomic E-state index is -4.27. The van der Waals surface area contributed by atoms with Crippen molar-refractivity contribution in [3.63, 3.8) is 0 Å². The molecule has 0 saturated carbocycles. The number of nitrogens with one attached hydrogen (secondary N) is 1. The van der Waals surface area contributed by atoms with Gasteiger partial charge in [0.15, 0.2) is 11.5 Å². The number of halogens is 1. The maximum Gasteiger partial charge on any atom is 0.264 e. The van der Waals surface area contributed by atoms with Gasteiger partial charge in [-0.15, -0.1) is 0 Å². The van der Waals surface area contributed by atoms with E-state index in [4.69, 9.17) is 21.1 Å². The van der Waals surface area contributed by atoms with Crippen LogP contribution in [-0.4, -0.2) is 59.0 Å². The monoisotopic (exact) mass is 559 g/mol. The molecule has 3 rings (SSSR count). The van der Waals surface area contributed by atoms with Gasteiger partial charge in [0.2, 0.25) is 11.8 Å². The number of rotatable bonds is 11. The first-order valence-corrected chi connectivity index (χ1v) is 13.5. The van der Waals surface area contributed by atoms with Gasteiger partial charge in [-0.3, -0.25) is 13.9 Å². The fourth-order valence-electron chi connectivity index (χ4n) is 3.81. The molecular formula is C27H30ClN3O6S. The molecule has 9 nitrogen and oxygen atoms in total. The van der Waals surface area contributed by atoms with Gasteiger partial charge in [-0.2, -0.15) is 0 Å². The Morgan fingerprint density at radius 3 is 2.16 bits per heavy atom. The molecule has 0 heterocycles. The van der Waals surface area contributed by atoms with Gasteiger partial charge in [0.25, 0.3) is 10.0 Å². The fraction of sp³-hybridized carbons (Fsp3) is 0.259. The van der Waals surface area contributed by atoms with Crippen molar-refractivity contribution in [1.82, 2.24) is 10.2 Å². The summed E-state index contributed by atoms with van der Waals surface area (Å²) in [5.41, 5.74) is 1.02.